The van der Waals surface area contributed by atoms with Gasteiger partial charge in [-0.3, -0.25) is 0 Å². The van der Waals surface area contributed by atoms with E-state index in [2.05, 4.69) is 10.1 Å². The summed E-state index contributed by atoms with van der Waals surface area (Å²) >= 11 is 0. The fourth-order valence-corrected chi connectivity index (χ4v) is 1.23. The summed E-state index contributed by atoms with van der Waals surface area (Å²) in [4.78, 5) is 10.7. The highest BCUT2D eigenvalue weighted by atomic mass is 16.7. The number of carbonyl (C=O) groups excluding carboxylic acids is 1. The van der Waals surface area contributed by atoms with Crippen molar-refractivity contribution in [2.24, 2.45) is 0 Å². The molecule has 1 N–H and O–H groups in total. The second-order valence-electron chi connectivity index (χ2n) is 2.79. The topological polar surface area (TPSA) is 47.6 Å². The third-order valence-corrected chi connectivity index (χ3v) is 1.83. The minimum atomic E-state index is -0.564. The van der Waals surface area contributed by atoms with Crippen LogP contribution in [0.2, 0.25) is 0 Å². The van der Waals surface area contributed by atoms with E-state index in [1.807, 2.05) is 0 Å². The van der Waals surface area contributed by atoms with E-state index in [1.54, 1.807) is 6.92 Å². The van der Waals surface area contributed by atoms with E-state index in [0.29, 0.717) is 19.3 Å². The second-order valence-corrected chi connectivity index (χ2v) is 2.79. The summed E-state index contributed by atoms with van der Waals surface area (Å²) in [7, 11) is 0. The third kappa shape index (κ3) is 3.09. The Bertz CT molecular complexity index is 143. The average Bonchev–Trinajstić information content (AvgIpc) is 2.53. The largest absolute Gasteiger partial charge is 0.508 e. The lowest BCUT2D eigenvalue weighted by Crippen LogP contribution is -2.28. The molecular weight excluding hydrogens is 158 g/mol. The maximum Gasteiger partial charge on any atom is 0.508 e. The number of ether oxygens (including phenoxy) is 2. The molecule has 0 saturated carbocycles. The molecule has 0 aromatic rings. The Morgan fingerprint density at radius 1 is 1.58 bits per heavy atom. The van der Waals surface area contributed by atoms with Crippen molar-refractivity contribution in [2.45, 2.75) is 25.8 Å². The molecule has 4 nitrogen and oxygen atoms in total. The molecule has 1 aliphatic rings. The summed E-state index contributed by atoms with van der Waals surface area (Å²) in [6.07, 6.45) is 1.68. The Kier molecular flexibility index (Phi) is 3.87. The number of carbonyl (C=O) groups is 1. The van der Waals surface area contributed by atoms with E-state index < -0.39 is 6.16 Å². The van der Waals surface area contributed by atoms with Gasteiger partial charge < -0.3 is 14.8 Å². The molecular formula is C8H15NO3. The van der Waals surface area contributed by atoms with Gasteiger partial charge in [0.15, 0.2) is 0 Å². The minimum Gasteiger partial charge on any atom is -0.435 e. The van der Waals surface area contributed by atoms with Gasteiger partial charge in [-0.2, -0.15) is 0 Å². The van der Waals surface area contributed by atoms with Crippen LogP contribution >= 0.6 is 0 Å². The molecule has 0 aromatic heterocycles. The predicted molar refractivity (Wildman–Crippen MR) is 44.0 cm³/mol. The summed E-state index contributed by atoms with van der Waals surface area (Å²) < 4.78 is 9.46. The first-order valence-corrected chi connectivity index (χ1v) is 4.36. The van der Waals surface area contributed by atoms with Crippen molar-refractivity contribution in [1.29, 1.82) is 0 Å². The number of nitrogens with one attached hydrogen (secondary N) is 1. The fourth-order valence-electron chi connectivity index (χ4n) is 1.23. The molecule has 70 valence electrons. The first-order chi connectivity index (χ1) is 5.83. The summed E-state index contributed by atoms with van der Waals surface area (Å²) in [6, 6.07) is 0.328. The number of hydrogen-bond acceptors (Lipinski definition) is 4. The van der Waals surface area contributed by atoms with E-state index in [4.69, 9.17) is 4.74 Å². The van der Waals surface area contributed by atoms with E-state index >= 15 is 0 Å². The predicted octanol–water partition coefficient (Wildman–Crippen LogP) is 0.911. The van der Waals surface area contributed by atoms with Gasteiger partial charge in [-0.05, 0) is 26.3 Å². The monoisotopic (exact) mass is 173 g/mol. The lowest BCUT2D eigenvalue weighted by molar-refractivity contribution is 0.0535. The Morgan fingerprint density at radius 2 is 2.42 bits per heavy atom. The quantitative estimate of drug-likeness (QED) is 0.644. The van der Waals surface area contributed by atoms with Crippen LogP contribution in [0.15, 0.2) is 0 Å². The maximum absolute atomic E-state index is 10.7. The highest BCUT2D eigenvalue weighted by Crippen LogP contribution is 2.05. The molecule has 1 heterocycles. The lowest BCUT2D eigenvalue weighted by Gasteiger charge is -2.09. The molecule has 0 radical (unpaired) electrons. The highest BCUT2D eigenvalue weighted by Gasteiger charge is 2.15. The van der Waals surface area contributed by atoms with E-state index in [9.17, 15) is 4.79 Å². The number of hydrogen-bond donors (Lipinski definition) is 1. The van der Waals surface area contributed by atoms with E-state index in [0.717, 1.165) is 19.4 Å². The van der Waals surface area contributed by atoms with Crippen LogP contribution in [-0.4, -0.2) is 32.0 Å². The van der Waals surface area contributed by atoms with Crippen LogP contribution in [0.1, 0.15) is 19.8 Å². The molecule has 1 atom stereocenters. The van der Waals surface area contributed by atoms with Crippen molar-refractivity contribution >= 4 is 6.16 Å². The summed E-state index contributed by atoms with van der Waals surface area (Å²) in [6.45, 7) is 3.59. The molecule has 1 unspecified atom stereocenters. The van der Waals surface area contributed by atoms with Gasteiger partial charge in [0.1, 0.15) is 6.61 Å². The van der Waals surface area contributed by atoms with Gasteiger partial charge in [-0.25, -0.2) is 4.79 Å². The van der Waals surface area contributed by atoms with Crippen LogP contribution in [-0.2, 0) is 9.47 Å². The van der Waals surface area contributed by atoms with Crippen LogP contribution < -0.4 is 5.32 Å². The Hall–Kier alpha value is -0.770. The molecule has 0 aromatic carbocycles. The minimum absolute atomic E-state index is 0.328. The van der Waals surface area contributed by atoms with Crippen molar-refractivity contribution in [2.75, 3.05) is 19.8 Å². The Morgan fingerprint density at radius 3 is 3.00 bits per heavy atom. The van der Waals surface area contributed by atoms with Gasteiger partial charge in [0.05, 0.1) is 6.61 Å². The van der Waals surface area contributed by atoms with Crippen molar-refractivity contribution in [3.63, 3.8) is 0 Å². The van der Waals surface area contributed by atoms with Crippen LogP contribution in [0, 0.1) is 0 Å². The van der Waals surface area contributed by atoms with Crippen LogP contribution in [0.3, 0.4) is 0 Å². The van der Waals surface area contributed by atoms with Crippen molar-refractivity contribution in [3.05, 3.63) is 0 Å². The molecule has 0 amide bonds. The normalized spacial score (nSPS) is 22.2. The van der Waals surface area contributed by atoms with Gasteiger partial charge in [0, 0.05) is 6.04 Å². The van der Waals surface area contributed by atoms with Crippen LogP contribution in [0.25, 0.3) is 0 Å². The van der Waals surface area contributed by atoms with Gasteiger partial charge in [-0.15, -0.1) is 0 Å². The first kappa shape index (κ1) is 9.32. The van der Waals surface area contributed by atoms with E-state index in [1.165, 1.54) is 0 Å². The molecule has 1 saturated heterocycles. The van der Waals surface area contributed by atoms with Gasteiger partial charge >= 0.3 is 6.16 Å². The van der Waals surface area contributed by atoms with Crippen molar-refractivity contribution < 1.29 is 14.3 Å². The zero-order valence-electron chi connectivity index (χ0n) is 7.34. The van der Waals surface area contributed by atoms with Gasteiger partial charge in [0.25, 0.3) is 0 Å². The zero-order chi connectivity index (χ0) is 8.81. The molecule has 1 aliphatic heterocycles. The molecule has 4 heteroatoms. The lowest BCUT2D eigenvalue weighted by atomic mass is 10.2. The first-order valence-electron chi connectivity index (χ1n) is 4.36. The summed E-state index contributed by atoms with van der Waals surface area (Å²) in [5, 5.41) is 3.22. The van der Waals surface area contributed by atoms with E-state index in [-0.39, 0.29) is 0 Å². The highest BCUT2D eigenvalue weighted by molar-refractivity contribution is 5.59. The molecule has 0 aliphatic carbocycles. The molecule has 0 spiro atoms. The second kappa shape index (κ2) is 4.98. The zero-order valence-corrected chi connectivity index (χ0v) is 7.34. The average molecular weight is 173 g/mol. The smallest absolute Gasteiger partial charge is 0.435 e. The SMILES string of the molecule is CCOC(=O)OCC1CCCN1. The van der Waals surface area contributed by atoms with Crippen LogP contribution in [0.5, 0.6) is 0 Å². The molecule has 0 bridgehead atoms. The maximum atomic E-state index is 10.7. The van der Waals surface area contributed by atoms with Gasteiger partial charge in [0.2, 0.25) is 0 Å². The summed E-state index contributed by atoms with van der Waals surface area (Å²) in [5.74, 6) is 0. The summed E-state index contributed by atoms with van der Waals surface area (Å²) in [5.41, 5.74) is 0. The fraction of sp³-hybridized carbons (Fsp3) is 0.875. The number of rotatable bonds is 3. The van der Waals surface area contributed by atoms with Gasteiger partial charge in [-0.1, -0.05) is 0 Å². The van der Waals surface area contributed by atoms with Crippen molar-refractivity contribution in [1.82, 2.24) is 5.32 Å². The molecule has 1 rings (SSSR count). The Labute approximate surface area is 72.2 Å². The van der Waals surface area contributed by atoms with Crippen LogP contribution in [0.4, 0.5) is 4.79 Å². The Balaban J connectivity index is 2.03. The molecule has 12 heavy (non-hydrogen) atoms. The molecule has 1 fully saturated rings. The standard InChI is InChI=1S/C8H15NO3/c1-2-11-8(10)12-6-7-4-3-5-9-7/h7,9H,2-6H2,1H3. The third-order valence-electron chi connectivity index (χ3n) is 1.83. The van der Waals surface area contributed by atoms with Crippen molar-refractivity contribution in [3.8, 4) is 0 Å².